The van der Waals surface area contributed by atoms with Crippen LogP contribution in [0.2, 0.25) is 0 Å². The highest BCUT2D eigenvalue weighted by Gasteiger charge is 1.98. The molecule has 0 aliphatic rings. The number of carboxylic acids is 1. The summed E-state index contributed by atoms with van der Waals surface area (Å²) in [6.07, 6.45) is 1.56. The van der Waals surface area contributed by atoms with E-state index < -0.39 is 5.97 Å². The highest BCUT2D eigenvalue weighted by atomic mass is 16.4. The average Bonchev–Trinajstić information content (AvgIpc) is 1.82. The number of hydrogen-bond donors (Lipinski definition) is 2. The van der Waals surface area contributed by atoms with E-state index >= 15 is 0 Å². The van der Waals surface area contributed by atoms with Crippen molar-refractivity contribution in [2.75, 3.05) is 6.54 Å². The first-order valence-corrected chi connectivity index (χ1v) is 2.45. The number of hydrogen-bond acceptors (Lipinski definition) is 2. The molecule has 0 unspecified atom stereocenters. The van der Waals surface area contributed by atoms with Gasteiger partial charge in [0.25, 0.3) is 0 Å². The van der Waals surface area contributed by atoms with E-state index in [0.29, 0.717) is 6.54 Å². The van der Waals surface area contributed by atoms with Gasteiger partial charge in [0.1, 0.15) is 5.70 Å². The molecule has 0 aromatic heterocycles. The molecule has 0 fully saturated rings. The van der Waals surface area contributed by atoms with Gasteiger partial charge < -0.3 is 10.4 Å². The highest BCUT2D eigenvalue weighted by molar-refractivity contribution is 5.84. The average molecular weight is 127 g/mol. The summed E-state index contributed by atoms with van der Waals surface area (Å²) in [4.78, 5) is 10.0. The molecule has 0 radical (unpaired) electrons. The molecule has 3 heteroatoms. The molecule has 0 aromatic carbocycles. The van der Waals surface area contributed by atoms with Gasteiger partial charge in [0.05, 0.1) is 0 Å². The van der Waals surface area contributed by atoms with E-state index in [2.05, 4.69) is 18.5 Å². The Labute approximate surface area is 53.7 Å². The van der Waals surface area contributed by atoms with Gasteiger partial charge in [-0.15, -0.1) is 6.58 Å². The molecule has 9 heavy (non-hydrogen) atoms. The third-order valence-electron chi connectivity index (χ3n) is 0.718. The molecule has 0 saturated heterocycles. The molecule has 0 spiro atoms. The Morgan fingerprint density at radius 2 is 2.33 bits per heavy atom. The summed E-state index contributed by atoms with van der Waals surface area (Å²) in [6.45, 7) is 7.06. The summed E-state index contributed by atoms with van der Waals surface area (Å²) >= 11 is 0. The maximum absolute atomic E-state index is 10.0. The Balaban J connectivity index is 3.51. The van der Waals surface area contributed by atoms with Crippen molar-refractivity contribution in [3.63, 3.8) is 0 Å². The summed E-state index contributed by atoms with van der Waals surface area (Å²) in [5.41, 5.74) is -0.00472. The molecule has 0 heterocycles. The van der Waals surface area contributed by atoms with Crippen LogP contribution in [0.25, 0.3) is 0 Å². The molecule has 0 aliphatic heterocycles. The Bertz CT molecular complexity index is 140. The minimum absolute atomic E-state index is 0.00472. The third-order valence-corrected chi connectivity index (χ3v) is 0.718. The monoisotopic (exact) mass is 127 g/mol. The van der Waals surface area contributed by atoms with Gasteiger partial charge in [-0.3, -0.25) is 0 Å². The lowest BCUT2D eigenvalue weighted by Gasteiger charge is -1.98. The van der Waals surface area contributed by atoms with Crippen LogP contribution < -0.4 is 5.32 Å². The summed E-state index contributed by atoms with van der Waals surface area (Å²) in [7, 11) is 0. The van der Waals surface area contributed by atoms with Crippen molar-refractivity contribution in [3.8, 4) is 0 Å². The first-order valence-electron chi connectivity index (χ1n) is 2.45. The fourth-order valence-corrected chi connectivity index (χ4v) is 0.271. The van der Waals surface area contributed by atoms with E-state index in [1.54, 1.807) is 6.08 Å². The van der Waals surface area contributed by atoms with Crippen molar-refractivity contribution in [1.29, 1.82) is 0 Å². The summed E-state index contributed by atoms with van der Waals surface area (Å²) < 4.78 is 0. The Morgan fingerprint density at radius 3 is 2.67 bits per heavy atom. The molecular weight excluding hydrogens is 118 g/mol. The van der Waals surface area contributed by atoms with Crippen LogP contribution in [0.3, 0.4) is 0 Å². The maximum atomic E-state index is 10.0. The summed E-state index contributed by atoms with van der Waals surface area (Å²) in [5.74, 6) is -1.03. The normalized spacial score (nSPS) is 8.00. The van der Waals surface area contributed by atoms with Crippen molar-refractivity contribution in [1.82, 2.24) is 5.32 Å². The van der Waals surface area contributed by atoms with Crippen LogP contribution in [0.1, 0.15) is 0 Å². The molecule has 0 aromatic rings. The van der Waals surface area contributed by atoms with Gasteiger partial charge >= 0.3 is 5.97 Å². The number of carboxylic acid groups (broad SMARTS) is 1. The van der Waals surface area contributed by atoms with Gasteiger partial charge in [0, 0.05) is 6.54 Å². The van der Waals surface area contributed by atoms with Crippen LogP contribution in [-0.4, -0.2) is 17.6 Å². The van der Waals surface area contributed by atoms with Crippen LogP contribution in [-0.2, 0) is 4.79 Å². The second-order valence-electron chi connectivity index (χ2n) is 1.45. The minimum Gasteiger partial charge on any atom is -0.477 e. The number of aliphatic carboxylic acids is 1. The standard InChI is InChI=1S/C6H9NO2/c1-3-4-7-5(2)6(8)9/h3,7H,1-2,4H2,(H,8,9). The van der Waals surface area contributed by atoms with Gasteiger partial charge in [0.15, 0.2) is 0 Å². The maximum Gasteiger partial charge on any atom is 0.351 e. The topological polar surface area (TPSA) is 49.3 Å². The fourth-order valence-electron chi connectivity index (χ4n) is 0.271. The van der Waals surface area contributed by atoms with Crippen molar-refractivity contribution >= 4 is 5.97 Å². The van der Waals surface area contributed by atoms with E-state index in [9.17, 15) is 4.79 Å². The molecule has 0 bridgehead atoms. The minimum atomic E-state index is -1.03. The predicted molar refractivity (Wildman–Crippen MR) is 35.0 cm³/mol. The highest BCUT2D eigenvalue weighted by Crippen LogP contribution is 1.80. The van der Waals surface area contributed by atoms with E-state index in [1.807, 2.05) is 0 Å². The third kappa shape index (κ3) is 3.34. The Morgan fingerprint density at radius 1 is 1.78 bits per heavy atom. The van der Waals surface area contributed by atoms with Gasteiger partial charge in [-0.25, -0.2) is 4.79 Å². The van der Waals surface area contributed by atoms with E-state index in [4.69, 9.17) is 5.11 Å². The van der Waals surface area contributed by atoms with Crippen LogP contribution in [0.4, 0.5) is 0 Å². The fraction of sp³-hybridized carbons (Fsp3) is 0.167. The number of rotatable bonds is 4. The first kappa shape index (κ1) is 7.75. The molecule has 0 saturated carbocycles. The Kier molecular flexibility index (Phi) is 3.20. The van der Waals surface area contributed by atoms with Crippen LogP contribution in [0, 0.1) is 0 Å². The van der Waals surface area contributed by atoms with Crippen molar-refractivity contribution in [3.05, 3.63) is 24.9 Å². The molecule has 0 aliphatic carbocycles. The summed E-state index contributed by atoms with van der Waals surface area (Å²) in [5, 5.41) is 10.7. The lowest BCUT2D eigenvalue weighted by Crippen LogP contribution is -2.18. The van der Waals surface area contributed by atoms with E-state index in [-0.39, 0.29) is 5.70 Å². The lowest BCUT2D eigenvalue weighted by molar-refractivity contribution is -0.133. The first-order chi connectivity index (χ1) is 4.18. The van der Waals surface area contributed by atoms with Gasteiger partial charge in [-0.2, -0.15) is 0 Å². The summed E-state index contributed by atoms with van der Waals surface area (Å²) in [6, 6.07) is 0. The van der Waals surface area contributed by atoms with Gasteiger partial charge in [-0.05, 0) is 0 Å². The second kappa shape index (κ2) is 3.72. The molecule has 0 atom stereocenters. The molecule has 0 amide bonds. The second-order valence-corrected chi connectivity index (χ2v) is 1.45. The van der Waals surface area contributed by atoms with Crippen molar-refractivity contribution in [2.24, 2.45) is 0 Å². The Hall–Kier alpha value is -1.25. The van der Waals surface area contributed by atoms with Crippen LogP contribution in [0.5, 0.6) is 0 Å². The van der Waals surface area contributed by atoms with Crippen LogP contribution >= 0.6 is 0 Å². The van der Waals surface area contributed by atoms with E-state index in [0.717, 1.165) is 0 Å². The van der Waals surface area contributed by atoms with Gasteiger partial charge in [0.2, 0.25) is 0 Å². The zero-order valence-corrected chi connectivity index (χ0v) is 5.05. The molecule has 3 nitrogen and oxygen atoms in total. The zero-order valence-electron chi connectivity index (χ0n) is 5.05. The smallest absolute Gasteiger partial charge is 0.351 e. The van der Waals surface area contributed by atoms with Gasteiger partial charge in [-0.1, -0.05) is 12.7 Å². The largest absolute Gasteiger partial charge is 0.477 e. The van der Waals surface area contributed by atoms with Crippen molar-refractivity contribution in [2.45, 2.75) is 0 Å². The molecular formula is C6H9NO2. The van der Waals surface area contributed by atoms with Crippen LogP contribution in [0.15, 0.2) is 24.9 Å². The number of carbonyl (C=O) groups is 1. The zero-order chi connectivity index (χ0) is 7.28. The molecule has 50 valence electrons. The predicted octanol–water partition coefficient (Wildman–Crippen LogP) is 0.360. The van der Waals surface area contributed by atoms with Crippen molar-refractivity contribution < 1.29 is 9.90 Å². The molecule has 2 N–H and O–H groups in total. The lowest BCUT2D eigenvalue weighted by atomic mass is 10.5. The van der Waals surface area contributed by atoms with E-state index in [1.165, 1.54) is 0 Å². The number of nitrogens with one attached hydrogen (secondary N) is 1. The quantitative estimate of drug-likeness (QED) is 0.423. The molecule has 0 rings (SSSR count). The SMILES string of the molecule is C=CCNC(=C)C(=O)O.